The van der Waals surface area contributed by atoms with E-state index in [0.717, 1.165) is 0 Å². The van der Waals surface area contributed by atoms with Gasteiger partial charge in [-0.2, -0.15) is 4.31 Å². The summed E-state index contributed by atoms with van der Waals surface area (Å²) in [7, 11) is -6.54. The van der Waals surface area contributed by atoms with Gasteiger partial charge in [0, 0.05) is 25.3 Å². The fourth-order valence-corrected chi connectivity index (χ4v) is 9.99. The molecular formula is C40H54N3O13PS. The van der Waals surface area contributed by atoms with Gasteiger partial charge in [-0.05, 0) is 80.3 Å². The average molecular weight is 848 g/mol. The third-order valence-corrected chi connectivity index (χ3v) is 13.2. The molecule has 2 heterocycles. The number of benzene rings is 3. The first-order chi connectivity index (χ1) is 27.7. The molecule has 5 rings (SSSR count). The Morgan fingerprint density at radius 2 is 1.67 bits per heavy atom. The van der Waals surface area contributed by atoms with Gasteiger partial charge in [-0.15, -0.1) is 0 Å². The molecule has 16 nitrogen and oxygen atoms in total. The van der Waals surface area contributed by atoms with Crippen molar-refractivity contribution in [3.05, 3.63) is 84.4 Å². The van der Waals surface area contributed by atoms with Crippen molar-refractivity contribution in [3.8, 4) is 11.5 Å². The van der Waals surface area contributed by atoms with Crippen molar-refractivity contribution in [1.82, 2.24) is 9.62 Å². The predicted octanol–water partition coefficient (Wildman–Crippen LogP) is 5.41. The van der Waals surface area contributed by atoms with Crippen LogP contribution in [0.2, 0.25) is 0 Å². The van der Waals surface area contributed by atoms with E-state index < -0.39 is 60.3 Å². The summed E-state index contributed by atoms with van der Waals surface area (Å²) in [6, 6.07) is 20.2. The highest BCUT2D eigenvalue weighted by molar-refractivity contribution is 7.89. The molecule has 318 valence electrons. The molecular weight excluding hydrogens is 793 g/mol. The van der Waals surface area contributed by atoms with E-state index in [9.17, 15) is 27.7 Å². The van der Waals surface area contributed by atoms with Crippen LogP contribution >= 0.6 is 7.60 Å². The number of aliphatic hydroxyl groups is 1. The van der Waals surface area contributed by atoms with Crippen molar-refractivity contribution < 1.29 is 60.4 Å². The number of para-hydroxylation sites is 1. The van der Waals surface area contributed by atoms with E-state index in [-0.39, 0.29) is 55.7 Å². The summed E-state index contributed by atoms with van der Waals surface area (Å²) < 4.78 is 81.7. The number of esters is 1. The van der Waals surface area contributed by atoms with Gasteiger partial charge in [-0.1, -0.05) is 44.2 Å². The number of alkyl carbamates (subject to hydrolysis) is 1. The number of amides is 1. The molecule has 3 aromatic carbocycles. The Balaban J connectivity index is 1.31. The van der Waals surface area contributed by atoms with E-state index in [1.807, 2.05) is 13.8 Å². The van der Waals surface area contributed by atoms with Gasteiger partial charge < -0.3 is 43.9 Å². The van der Waals surface area contributed by atoms with Crippen LogP contribution in [0.5, 0.6) is 11.5 Å². The van der Waals surface area contributed by atoms with Crippen LogP contribution in [0.3, 0.4) is 0 Å². The highest BCUT2D eigenvalue weighted by atomic mass is 32.2. The second-order valence-corrected chi connectivity index (χ2v) is 18.3. The normalized spacial score (nSPS) is 20.4. The fraction of sp³-hybridized carbons (Fsp3) is 0.500. The molecule has 2 aliphatic heterocycles. The van der Waals surface area contributed by atoms with Crippen molar-refractivity contribution in [2.75, 3.05) is 51.9 Å². The highest BCUT2D eigenvalue weighted by Crippen LogP contribution is 2.52. The van der Waals surface area contributed by atoms with Gasteiger partial charge in [0.2, 0.25) is 10.0 Å². The maximum Gasteiger partial charge on any atom is 0.407 e. The van der Waals surface area contributed by atoms with Crippen molar-refractivity contribution >= 4 is 35.4 Å². The summed E-state index contributed by atoms with van der Waals surface area (Å²) in [5, 5.41) is 17.6. The number of anilines is 1. The zero-order chi connectivity index (χ0) is 41.9. The molecule has 2 aliphatic rings. The predicted molar refractivity (Wildman–Crippen MR) is 214 cm³/mol. The monoisotopic (exact) mass is 847 g/mol. The Morgan fingerprint density at radius 1 is 0.966 bits per heavy atom. The molecule has 0 aliphatic carbocycles. The molecule has 2 fully saturated rings. The van der Waals surface area contributed by atoms with Crippen LogP contribution in [-0.2, 0) is 49.0 Å². The summed E-state index contributed by atoms with van der Waals surface area (Å²) in [6.07, 6.45) is -3.85. The van der Waals surface area contributed by atoms with E-state index in [4.69, 9.17) is 32.7 Å². The summed E-state index contributed by atoms with van der Waals surface area (Å²) >= 11 is 0. The van der Waals surface area contributed by atoms with E-state index >= 15 is 0 Å². The number of aliphatic hydroxyl groups excluding tert-OH is 1. The van der Waals surface area contributed by atoms with Crippen molar-refractivity contribution in [1.29, 1.82) is 0 Å². The zero-order valence-corrected chi connectivity index (χ0v) is 35.1. The largest absolute Gasteiger partial charge is 0.497 e. The van der Waals surface area contributed by atoms with Crippen molar-refractivity contribution in [3.63, 3.8) is 0 Å². The zero-order valence-electron chi connectivity index (χ0n) is 33.4. The number of carbonyl (C=O) groups is 2. The van der Waals surface area contributed by atoms with Gasteiger partial charge in [0.05, 0.1) is 56.1 Å². The molecule has 0 saturated carbocycles. The van der Waals surface area contributed by atoms with Gasteiger partial charge in [-0.25, -0.2) is 22.6 Å². The Kier molecular flexibility index (Phi) is 16.0. The number of rotatable bonds is 21. The first-order valence-corrected chi connectivity index (χ1v) is 22.4. The molecule has 0 spiro atoms. The SMILES string of the molecule is CCOC(=O)[C@H](C)OP(=O)(Cc1ccc(NC[C@H](NC(=O)O[C@H]2CO[C@H]3OCC[C@H]32)[C@H](O)CN(CC(C)C)S(=O)(=O)c2ccc(OC)cc2)cc1)Oc1ccccc1. The van der Waals surface area contributed by atoms with Crippen molar-refractivity contribution in [2.45, 2.75) is 75.8 Å². The van der Waals surface area contributed by atoms with Crippen LogP contribution in [-0.4, -0.2) is 107 Å². The lowest BCUT2D eigenvalue weighted by Crippen LogP contribution is -2.53. The minimum Gasteiger partial charge on any atom is -0.497 e. The summed E-state index contributed by atoms with van der Waals surface area (Å²) in [5.74, 6) is -0.0899. The number of sulfonamides is 1. The number of hydrogen-bond donors (Lipinski definition) is 3. The second-order valence-electron chi connectivity index (χ2n) is 14.4. The maximum atomic E-state index is 14.1. The first kappa shape index (κ1) is 44.9. The fourth-order valence-electron chi connectivity index (χ4n) is 6.52. The van der Waals surface area contributed by atoms with Gasteiger partial charge in [0.25, 0.3) is 0 Å². The first-order valence-electron chi connectivity index (χ1n) is 19.2. The Hall–Kier alpha value is -4.22. The topological polar surface area (TPSA) is 197 Å². The average Bonchev–Trinajstić information content (AvgIpc) is 3.82. The second kappa shape index (κ2) is 20.7. The molecule has 1 amide bonds. The number of ether oxygens (including phenoxy) is 5. The molecule has 0 aromatic heterocycles. The maximum absolute atomic E-state index is 14.1. The highest BCUT2D eigenvalue weighted by Gasteiger charge is 2.44. The number of nitrogens with one attached hydrogen (secondary N) is 2. The number of nitrogens with zero attached hydrogens (tertiary/aromatic N) is 1. The smallest absolute Gasteiger partial charge is 0.407 e. The number of hydrogen-bond acceptors (Lipinski definition) is 14. The van der Waals surface area contributed by atoms with Crippen LogP contribution in [0.15, 0.2) is 83.8 Å². The Bertz CT molecular complexity index is 1940. The molecule has 7 atom stereocenters. The molecule has 18 heteroatoms. The van der Waals surface area contributed by atoms with Crippen molar-refractivity contribution in [2.24, 2.45) is 11.8 Å². The minimum atomic E-state index is -4.08. The van der Waals surface area contributed by atoms with E-state index in [1.165, 1.54) is 30.5 Å². The number of methoxy groups -OCH3 is 1. The molecule has 3 N–H and O–H groups in total. The molecule has 0 bridgehead atoms. The van der Waals surface area contributed by atoms with Gasteiger partial charge in [0.1, 0.15) is 17.6 Å². The van der Waals surface area contributed by atoms with E-state index in [1.54, 1.807) is 73.7 Å². The number of carbonyl (C=O) groups excluding carboxylic acids is 2. The van der Waals surface area contributed by atoms with Gasteiger partial charge >= 0.3 is 19.7 Å². The lowest BCUT2D eigenvalue weighted by atomic mass is 10.0. The van der Waals surface area contributed by atoms with Gasteiger partial charge in [-0.3, -0.25) is 4.52 Å². The lowest BCUT2D eigenvalue weighted by Gasteiger charge is -2.31. The van der Waals surface area contributed by atoms with Crippen LogP contribution < -0.4 is 19.9 Å². The molecule has 2 saturated heterocycles. The minimum absolute atomic E-state index is 0.0253. The third kappa shape index (κ3) is 12.4. The molecule has 1 unspecified atom stereocenters. The van der Waals surface area contributed by atoms with Crippen LogP contribution in [0.1, 0.15) is 39.7 Å². The molecule has 58 heavy (non-hydrogen) atoms. The van der Waals surface area contributed by atoms with E-state index in [2.05, 4.69) is 10.6 Å². The summed E-state index contributed by atoms with van der Waals surface area (Å²) in [5.41, 5.74) is 1.14. The summed E-state index contributed by atoms with van der Waals surface area (Å²) in [4.78, 5) is 25.7. The lowest BCUT2D eigenvalue weighted by molar-refractivity contribution is -0.150. The Morgan fingerprint density at radius 3 is 2.33 bits per heavy atom. The Labute approximate surface area is 340 Å². The van der Waals surface area contributed by atoms with Crippen LogP contribution in [0, 0.1) is 11.8 Å². The molecule has 3 aromatic rings. The quantitative estimate of drug-likeness (QED) is 0.0909. The summed E-state index contributed by atoms with van der Waals surface area (Å²) in [6.45, 7) is 7.33. The molecule has 0 radical (unpaired) electrons. The van der Waals surface area contributed by atoms with Crippen LogP contribution in [0.4, 0.5) is 10.5 Å². The standard InChI is InChI=1S/C40H54N3O13PS/c1-6-51-38(45)28(4)55-57(47,56-32-10-8-7-9-11-32)26-29-12-14-30(15-13-29)41-22-35(42-40(46)54-37-25-53-39-34(37)20-21-52-39)36(44)24-43(23-27(2)3)58(48,49)33-18-16-31(50-5)17-19-33/h7-19,27-28,34-37,39,41,44H,6,20-26H2,1-5H3,(H,42,46)/t28-,34-,35-,36+,37-,39+,57?/m0/s1. The van der Waals surface area contributed by atoms with Gasteiger partial charge in [0.15, 0.2) is 12.4 Å². The third-order valence-electron chi connectivity index (χ3n) is 9.45. The van der Waals surface area contributed by atoms with E-state index in [0.29, 0.717) is 35.8 Å². The van der Waals surface area contributed by atoms with Crippen LogP contribution in [0.25, 0.3) is 0 Å². The number of fused-ring (bicyclic) bond motifs is 1.